The molecule has 1 aliphatic rings. The van der Waals surface area contributed by atoms with E-state index in [1.54, 1.807) is 0 Å². The Morgan fingerprint density at radius 3 is 2.69 bits per heavy atom. The third-order valence-corrected chi connectivity index (χ3v) is 3.07. The molecule has 0 spiro atoms. The maximum Gasteiger partial charge on any atom is 0.146 e. The fourth-order valence-corrected chi connectivity index (χ4v) is 2.12. The van der Waals surface area contributed by atoms with Crippen LogP contribution in [0.25, 0.3) is 0 Å². The molecule has 2 heterocycles. The van der Waals surface area contributed by atoms with E-state index in [1.807, 2.05) is 12.1 Å². The van der Waals surface area contributed by atoms with Crippen LogP contribution >= 0.6 is 0 Å². The SMILES string of the molecule is CCc1ccc(C#N)c(N2CCCCC2)n1. The zero-order valence-corrected chi connectivity index (χ0v) is 9.74. The molecule has 0 unspecified atom stereocenters. The van der Waals surface area contributed by atoms with Crippen molar-refractivity contribution in [1.29, 1.82) is 5.26 Å². The average molecular weight is 215 g/mol. The molecule has 3 heteroatoms. The highest BCUT2D eigenvalue weighted by Crippen LogP contribution is 2.22. The van der Waals surface area contributed by atoms with Crippen molar-refractivity contribution in [1.82, 2.24) is 4.98 Å². The van der Waals surface area contributed by atoms with Crippen molar-refractivity contribution in [2.75, 3.05) is 18.0 Å². The van der Waals surface area contributed by atoms with E-state index in [0.717, 1.165) is 31.0 Å². The van der Waals surface area contributed by atoms with Crippen LogP contribution < -0.4 is 4.90 Å². The number of aryl methyl sites for hydroxylation is 1. The lowest BCUT2D eigenvalue weighted by Gasteiger charge is -2.28. The van der Waals surface area contributed by atoms with Crippen LogP contribution in [0.3, 0.4) is 0 Å². The van der Waals surface area contributed by atoms with E-state index < -0.39 is 0 Å². The van der Waals surface area contributed by atoms with E-state index in [1.165, 1.54) is 19.3 Å². The second-order valence-corrected chi connectivity index (χ2v) is 4.19. The number of nitrogens with zero attached hydrogens (tertiary/aromatic N) is 3. The molecule has 1 fully saturated rings. The van der Waals surface area contributed by atoms with E-state index in [2.05, 4.69) is 22.9 Å². The number of pyridine rings is 1. The minimum Gasteiger partial charge on any atom is -0.356 e. The number of piperidine rings is 1. The Balaban J connectivity index is 2.32. The van der Waals surface area contributed by atoms with Crippen LogP contribution in [0.4, 0.5) is 5.82 Å². The predicted octanol–water partition coefficient (Wildman–Crippen LogP) is 2.51. The molecule has 0 bridgehead atoms. The smallest absolute Gasteiger partial charge is 0.146 e. The maximum absolute atomic E-state index is 9.10. The van der Waals surface area contributed by atoms with Gasteiger partial charge in [0, 0.05) is 18.8 Å². The number of nitriles is 1. The number of hydrogen-bond donors (Lipinski definition) is 0. The van der Waals surface area contributed by atoms with Crippen molar-refractivity contribution < 1.29 is 0 Å². The molecule has 3 nitrogen and oxygen atoms in total. The Labute approximate surface area is 96.7 Å². The standard InChI is InChI=1S/C13H17N3/c1-2-12-7-6-11(10-14)13(15-12)16-8-4-3-5-9-16/h6-7H,2-5,8-9H2,1H3. The van der Waals surface area contributed by atoms with Gasteiger partial charge in [0.2, 0.25) is 0 Å². The summed E-state index contributed by atoms with van der Waals surface area (Å²) in [5.74, 6) is 0.890. The number of anilines is 1. The van der Waals surface area contributed by atoms with Crippen LogP contribution in [0, 0.1) is 11.3 Å². The van der Waals surface area contributed by atoms with Crippen LogP contribution in [0.15, 0.2) is 12.1 Å². The Bertz CT molecular complexity index is 400. The Morgan fingerprint density at radius 1 is 1.31 bits per heavy atom. The third-order valence-electron chi connectivity index (χ3n) is 3.07. The normalized spacial score (nSPS) is 15.9. The molecule has 0 radical (unpaired) electrons. The summed E-state index contributed by atoms with van der Waals surface area (Å²) in [6.45, 7) is 4.16. The van der Waals surface area contributed by atoms with Gasteiger partial charge in [0.15, 0.2) is 0 Å². The monoisotopic (exact) mass is 215 g/mol. The molecule has 0 aliphatic carbocycles. The summed E-state index contributed by atoms with van der Waals surface area (Å²) in [5.41, 5.74) is 1.78. The van der Waals surface area contributed by atoms with Gasteiger partial charge in [-0.3, -0.25) is 0 Å². The highest BCUT2D eigenvalue weighted by atomic mass is 15.2. The molecule has 16 heavy (non-hydrogen) atoms. The van der Waals surface area contributed by atoms with Gasteiger partial charge in [0.05, 0.1) is 5.56 Å². The van der Waals surface area contributed by atoms with Crippen LogP contribution in [-0.4, -0.2) is 18.1 Å². The first-order chi connectivity index (χ1) is 7.85. The second-order valence-electron chi connectivity index (χ2n) is 4.19. The van der Waals surface area contributed by atoms with Gasteiger partial charge in [0.25, 0.3) is 0 Å². The van der Waals surface area contributed by atoms with E-state index in [0.29, 0.717) is 5.56 Å². The lowest BCUT2D eigenvalue weighted by Crippen LogP contribution is -2.31. The molecule has 0 N–H and O–H groups in total. The largest absolute Gasteiger partial charge is 0.356 e. The maximum atomic E-state index is 9.10. The van der Waals surface area contributed by atoms with Gasteiger partial charge >= 0.3 is 0 Å². The number of rotatable bonds is 2. The molecule has 0 aromatic carbocycles. The molecular weight excluding hydrogens is 198 g/mol. The van der Waals surface area contributed by atoms with Gasteiger partial charge < -0.3 is 4.90 Å². The summed E-state index contributed by atoms with van der Waals surface area (Å²) >= 11 is 0. The summed E-state index contributed by atoms with van der Waals surface area (Å²) in [6.07, 6.45) is 4.64. The first-order valence-electron chi connectivity index (χ1n) is 6.00. The topological polar surface area (TPSA) is 39.9 Å². The van der Waals surface area contributed by atoms with Gasteiger partial charge in [-0.05, 0) is 37.8 Å². The summed E-state index contributed by atoms with van der Waals surface area (Å²) in [4.78, 5) is 6.84. The van der Waals surface area contributed by atoms with E-state index in [9.17, 15) is 0 Å². The predicted molar refractivity (Wildman–Crippen MR) is 64.4 cm³/mol. The van der Waals surface area contributed by atoms with Crippen molar-refractivity contribution in [3.05, 3.63) is 23.4 Å². The molecule has 1 aliphatic heterocycles. The Kier molecular flexibility index (Phi) is 3.40. The van der Waals surface area contributed by atoms with Gasteiger partial charge in [0.1, 0.15) is 11.9 Å². The molecule has 1 aromatic rings. The molecular formula is C13H17N3. The van der Waals surface area contributed by atoms with Crippen molar-refractivity contribution in [3.8, 4) is 6.07 Å². The third kappa shape index (κ3) is 2.16. The van der Waals surface area contributed by atoms with Crippen LogP contribution in [0.1, 0.15) is 37.4 Å². The average Bonchev–Trinajstić information content (AvgIpc) is 2.39. The molecule has 0 amide bonds. The molecule has 84 valence electrons. The summed E-state index contributed by atoms with van der Waals surface area (Å²) in [7, 11) is 0. The summed E-state index contributed by atoms with van der Waals surface area (Å²) in [5, 5.41) is 9.10. The lowest BCUT2D eigenvalue weighted by atomic mass is 10.1. The van der Waals surface area contributed by atoms with Crippen molar-refractivity contribution in [2.45, 2.75) is 32.6 Å². The molecule has 2 rings (SSSR count). The molecule has 1 saturated heterocycles. The second kappa shape index (κ2) is 4.98. The number of hydrogen-bond acceptors (Lipinski definition) is 3. The minimum atomic E-state index is 0.708. The lowest BCUT2D eigenvalue weighted by molar-refractivity contribution is 0.572. The number of aromatic nitrogens is 1. The molecule has 0 atom stereocenters. The van der Waals surface area contributed by atoms with Gasteiger partial charge in [-0.1, -0.05) is 6.92 Å². The highest BCUT2D eigenvalue weighted by molar-refractivity contribution is 5.54. The first-order valence-corrected chi connectivity index (χ1v) is 6.00. The quantitative estimate of drug-likeness (QED) is 0.761. The van der Waals surface area contributed by atoms with E-state index in [4.69, 9.17) is 5.26 Å². The fraction of sp³-hybridized carbons (Fsp3) is 0.538. The minimum absolute atomic E-state index is 0.708. The van der Waals surface area contributed by atoms with E-state index >= 15 is 0 Å². The van der Waals surface area contributed by atoms with Gasteiger partial charge in [-0.15, -0.1) is 0 Å². The van der Waals surface area contributed by atoms with Crippen LogP contribution in [-0.2, 0) is 6.42 Å². The molecule has 1 aromatic heterocycles. The van der Waals surface area contributed by atoms with Gasteiger partial charge in [-0.25, -0.2) is 4.98 Å². The summed E-state index contributed by atoms with van der Waals surface area (Å²) < 4.78 is 0. The first kappa shape index (κ1) is 10.9. The van der Waals surface area contributed by atoms with Crippen LogP contribution in [0.5, 0.6) is 0 Å². The highest BCUT2D eigenvalue weighted by Gasteiger charge is 2.16. The fourth-order valence-electron chi connectivity index (χ4n) is 2.12. The van der Waals surface area contributed by atoms with Crippen molar-refractivity contribution >= 4 is 5.82 Å². The van der Waals surface area contributed by atoms with Crippen molar-refractivity contribution in [2.24, 2.45) is 0 Å². The van der Waals surface area contributed by atoms with E-state index in [-0.39, 0.29) is 0 Å². The van der Waals surface area contributed by atoms with Crippen LogP contribution in [0.2, 0.25) is 0 Å². The Hall–Kier alpha value is -1.56. The zero-order valence-electron chi connectivity index (χ0n) is 9.74. The molecule has 0 saturated carbocycles. The Morgan fingerprint density at radius 2 is 2.06 bits per heavy atom. The van der Waals surface area contributed by atoms with Crippen molar-refractivity contribution in [3.63, 3.8) is 0 Å². The van der Waals surface area contributed by atoms with Gasteiger partial charge in [-0.2, -0.15) is 5.26 Å². The summed E-state index contributed by atoms with van der Waals surface area (Å²) in [6, 6.07) is 6.09. The zero-order chi connectivity index (χ0) is 11.4.